The van der Waals surface area contributed by atoms with Crippen molar-refractivity contribution in [2.75, 3.05) is 14.1 Å². The van der Waals surface area contributed by atoms with E-state index in [-0.39, 0.29) is 11.6 Å². The first-order chi connectivity index (χ1) is 9.56. The van der Waals surface area contributed by atoms with Gasteiger partial charge in [-0.2, -0.15) is 0 Å². The first-order valence-corrected chi connectivity index (χ1v) is 7.32. The van der Waals surface area contributed by atoms with Gasteiger partial charge in [-0.1, -0.05) is 38.1 Å². The molecule has 3 nitrogen and oxygen atoms in total. The third-order valence-electron chi connectivity index (χ3n) is 4.73. The lowest BCUT2D eigenvalue weighted by molar-refractivity contribution is 0.106. The van der Waals surface area contributed by atoms with Crippen molar-refractivity contribution >= 4 is 10.8 Å². The monoisotopic (exact) mass is 271 g/mol. The van der Waals surface area contributed by atoms with Crippen LogP contribution >= 0.6 is 0 Å². The molecule has 2 N–H and O–H groups in total. The highest BCUT2D eigenvalue weighted by Crippen LogP contribution is 2.36. The minimum atomic E-state index is -0.0499. The fourth-order valence-electron chi connectivity index (χ4n) is 3.28. The average molecular weight is 271 g/mol. The standard InChI is InChI=1S/C17H25N3/c1-5-17(6-2,20(3)4)16(18)15-12-19-11-13-9-7-8-10-14(13)15/h7-12,16H,5-6,18H2,1-4H3. The van der Waals surface area contributed by atoms with E-state index in [0.29, 0.717) is 0 Å². The Bertz CT molecular complexity index is 568. The van der Waals surface area contributed by atoms with Crippen molar-refractivity contribution in [2.45, 2.75) is 38.3 Å². The van der Waals surface area contributed by atoms with E-state index < -0.39 is 0 Å². The van der Waals surface area contributed by atoms with Crippen LogP contribution in [0.1, 0.15) is 38.3 Å². The van der Waals surface area contributed by atoms with E-state index in [0.717, 1.165) is 23.8 Å². The predicted octanol–water partition coefficient (Wildman–Crippen LogP) is 3.36. The summed E-state index contributed by atoms with van der Waals surface area (Å²) >= 11 is 0. The topological polar surface area (TPSA) is 42.1 Å². The molecular weight excluding hydrogens is 246 g/mol. The van der Waals surface area contributed by atoms with E-state index in [1.807, 2.05) is 18.5 Å². The Morgan fingerprint density at radius 3 is 2.40 bits per heavy atom. The van der Waals surface area contributed by atoms with E-state index in [1.54, 1.807) is 0 Å². The average Bonchev–Trinajstić information content (AvgIpc) is 2.48. The summed E-state index contributed by atoms with van der Waals surface area (Å²) < 4.78 is 0. The molecule has 1 aromatic carbocycles. The van der Waals surface area contributed by atoms with E-state index >= 15 is 0 Å². The molecule has 0 fully saturated rings. The zero-order valence-electron chi connectivity index (χ0n) is 12.9. The van der Waals surface area contributed by atoms with Gasteiger partial charge in [0.15, 0.2) is 0 Å². The Labute approximate surface area is 121 Å². The van der Waals surface area contributed by atoms with Gasteiger partial charge < -0.3 is 10.6 Å². The molecule has 0 aliphatic carbocycles. The van der Waals surface area contributed by atoms with Crippen LogP contribution in [0, 0.1) is 0 Å². The number of fused-ring (bicyclic) bond motifs is 1. The molecule has 20 heavy (non-hydrogen) atoms. The summed E-state index contributed by atoms with van der Waals surface area (Å²) in [4.78, 5) is 6.64. The second kappa shape index (κ2) is 5.90. The van der Waals surface area contributed by atoms with Crippen LogP contribution in [0.3, 0.4) is 0 Å². The van der Waals surface area contributed by atoms with Gasteiger partial charge in [-0.3, -0.25) is 4.98 Å². The van der Waals surface area contributed by atoms with Gasteiger partial charge in [0.2, 0.25) is 0 Å². The maximum absolute atomic E-state index is 6.68. The van der Waals surface area contributed by atoms with Crippen LogP contribution < -0.4 is 5.73 Å². The molecule has 108 valence electrons. The zero-order chi connectivity index (χ0) is 14.8. The lowest BCUT2D eigenvalue weighted by atomic mass is 9.79. The highest BCUT2D eigenvalue weighted by atomic mass is 15.2. The molecule has 2 rings (SSSR count). The number of rotatable bonds is 5. The van der Waals surface area contributed by atoms with E-state index in [9.17, 15) is 0 Å². The van der Waals surface area contributed by atoms with Gasteiger partial charge in [-0.15, -0.1) is 0 Å². The van der Waals surface area contributed by atoms with Crippen LogP contribution in [0.25, 0.3) is 10.8 Å². The Kier molecular flexibility index (Phi) is 4.41. The molecule has 0 saturated carbocycles. The van der Waals surface area contributed by atoms with Crippen molar-refractivity contribution in [2.24, 2.45) is 5.73 Å². The van der Waals surface area contributed by atoms with Crippen LogP contribution in [0.2, 0.25) is 0 Å². The molecule has 0 amide bonds. The second-order valence-corrected chi connectivity index (χ2v) is 5.63. The minimum Gasteiger partial charge on any atom is -0.322 e. The Morgan fingerprint density at radius 1 is 1.15 bits per heavy atom. The third kappa shape index (κ3) is 2.32. The largest absolute Gasteiger partial charge is 0.322 e. The van der Waals surface area contributed by atoms with Crippen molar-refractivity contribution in [1.82, 2.24) is 9.88 Å². The molecule has 0 aliphatic rings. The number of hydrogen-bond acceptors (Lipinski definition) is 3. The number of hydrogen-bond donors (Lipinski definition) is 1. The summed E-state index contributed by atoms with van der Waals surface area (Å²) in [5.41, 5.74) is 7.78. The summed E-state index contributed by atoms with van der Waals surface area (Å²) in [6.45, 7) is 4.42. The van der Waals surface area contributed by atoms with Gasteiger partial charge in [0, 0.05) is 23.3 Å². The Balaban J connectivity index is 2.57. The van der Waals surface area contributed by atoms with Gasteiger partial charge in [0.25, 0.3) is 0 Å². The number of aromatic nitrogens is 1. The molecule has 1 atom stereocenters. The van der Waals surface area contributed by atoms with E-state index in [2.05, 4.69) is 56.0 Å². The molecule has 0 aliphatic heterocycles. The molecular formula is C17H25N3. The smallest absolute Gasteiger partial charge is 0.0503 e. The Hall–Kier alpha value is -1.45. The first kappa shape index (κ1) is 14.9. The van der Waals surface area contributed by atoms with Crippen molar-refractivity contribution in [3.8, 4) is 0 Å². The fourth-order valence-corrected chi connectivity index (χ4v) is 3.28. The number of pyridine rings is 1. The third-order valence-corrected chi connectivity index (χ3v) is 4.73. The highest BCUT2D eigenvalue weighted by molar-refractivity contribution is 5.85. The van der Waals surface area contributed by atoms with Crippen LogP contribution in [0.15, 0.2) is 36.7 Å². The molecule has 3 heteroatoms. The number of benzene rings is 1. The van der Waals surface area contributed by atoms with Crippen molar-refractivity contribution < 1.29 is 0 Å². The molecule has 0 saturated heterocycles. The van der Waals surface area contributed by atoms with Crippen LogP contribution in [-0.2, 0) is 0 Å². The highest BCUT2D eigenvalue weighted by Gasteiger charge is 2.37. The van der Waals surface area contributed by atoms with Crippen LogP contribution in [0.5, 0.6) is 0 Å². The van der Waals surface area contributed by atoms with Gasteiger partial charge in [0.05, 0.1) is 6.04 Å². The maximum Gasteiger partial charge on any atom is 0.0503 e. The minimum absolute atomic E-state index is 0.0359. The normalized spacial score (nSPS) is 13.9. The zero-order valence-corrected chi connectivity index (χ0v) is 12.9. The lowest BCUT2D eigenvalue weighted by Crippen LogP contribution is -2.51. The van der Waals surface area contributed by atoms with Gasteiger partial charge in [-0.25, -0.2) is 0 Å². The predicted molar refractivity (Wildman–Crippen MR) is 85.7 cm³/mol. The van der Waals surface area contributed by atoms with Gasteiger partial charge in [0.1, 0.15) is 0 Å². The second-order valence-electron chi connectivity index (χ2n) is 5.63. The van der Waals surface area contributed by atoms with Crippen LogP contribution in [-0.4, -0.2) is 29.5 Å². The number of likely N-dealkylation sites (N-methyl/N-ethyl adjacent to an activating group) is 1. The maximum atomic E-state index is 6.68. The lowest BCUT2D eigenvalue weighted by Gasteiger charge is -2.43. The van der Waals surface area contributed by atoms with Crippen molar-refractivity contribution in [3.63, 3.8) is 0 Å². The molecule has 0 spiro atoms. The molecule has 1 aromatic heterocycles. The molecule has 2 aromatic rings. The molecule has 0 bridgehead atoms. The summed E-state index contributed by atoms with van der Waals surface area (Å²) in [5.74, 6) is 0. The molecule has 1 unspecified atom stereocenters. The number of nitrogens with two attached hydrogens (primary N) is 1. The fraction of sp³-hybridized carbons (Fsp3) is 0.471. The quantitative estimate of drug-likeness (QED) is 0.906. The van der Waals surface area contributed by atoms with Crippen molar-refractivity contribution in [1.29, 1.82) is 0 Å². The number of nitrogens with zero attached hydrogens (tertiary/aromatic N) is 2. The van der Waals surface area contributed by atoms with Gasteiger partial charge >= 0.3 is 0 Å². The SMILES string of the molecule is CCC(CC)(C(N)c1cncc2ccccc12)N(C)C. The van der Waals surface area contributed by atoms with Gasteiger partial charge in [-0.05, 0) is 37.9 Å². The Morgan fingerprint density at radius 2 is 1.80 bits per heavy atom. The molecule has 0 radical (unpaired) electrons. The molecule has 1 heterocycles. The van der Waals surface area contributed by atoms with E-state index in [1.165, 1.54) is 5.39 Å². The van der Waals surface area contributed by atoms with Crippen LogP contribution in [0.4, 0.5) is 0 Å². The first-order valence-electron chi connectivity index (χ1n) is 7.32. The summed E-state index contributed by atoms with van der Waals surface area (Å²) in [7, 11) is 4.23. The van der Waals surface area contributed by atoms with E-state index in [4.69, 9.17) is 5.73 Å². The summed E-state index contributed by atoms with van der Waals surface area (Å²) in [6.07, 6.45) is 5.86. The summed E-state index contributed by atoms with van der Waals surface area (Å²) in [5, 5.41) is 2.36. The van der Waals surface area contributed by atoms with Crippen molar-refractivity contribution in [3.05, 3.63) is 42.2 Å². The summed E-state index contributed by atoms with van der Waals surface area (Å²) in [6, 6.07) is 8.28.